The Kier molecular flexibility index (Phi) is 2.96. The van der Waals surface area contributed by atoms with Crippen molar-refractivity contribution in [3.8, 4) is 0 Å². The lowest BCUT2D eigenvalue weighted by atomic mass is 9.98. The Hall–Kier alpha value is -0.410. The van der Waals surface area contributed by atoms with E-state index in [1.807, 2.05) is 0 Å². The van der Waals surface area contributed by atoms with Gasteiger partial charge in [-0.1, -0.05) is 6.92 Å². The number of aryl methyl sites for hydroxylation is 1. The molecule has 0 radical (unpaired) electrons. The Morgan fingerprint density at radius 2 is 2.31 bits per heavy atom. The van der Waals surface area contributed by atoms with Gasteiger partial charge < -0.3 is 4.74 Å². The number of hydrogen-bond donors (Lipinski definition) is 0. The summed E-state index contributed by atoms with van der Waals surface area (Å²) in [6.45, 7) is 3.97. The van der Waals surface area contributed by atoms with E-state index < -0.39 is 0 Å². The Labute approximate surface area is 83.0 Å². The highest BCUT2D eigenvalue weighted by Crippen LogP contribution is 2.27. The molecule has 0 aliphatic carbocycles. The van der Waals surface area contributed by atoms with Gasteiger partial charge in [-0.25, -0.2) is 4.98 Å². The first kappa shape index (κ1) is 9.16. The Morgan fingerprint density at radius 1 is 1.54 bits per heavy atom. The van der Waals surface area contributed by atoms with E-state index in [1.165, 1.54) is 10.7 Å². The minimum Gasteiger partial charge on any atom is -0.381 e. The van der Waals surface area contributed by atoms with Crippen LogP contribution in [0.5, 0.6) is 0 Å². The Balaban J connectivity index is 2.05. The standard InChI is InChI=1S/C10H15NOS/c1-2-10-11-9(7-13-10)8-3-5-12-6-4-8/h7-8H,2-6H2,1H3. The summed E-state index contributed by atoms with van der Waals surface area (Å²) in [6.07, 6.45) is 3.35. The van der Waals surface area contributed by atoms with Crippen LogP contribution in [-0.4, -0.2) is 18.2 Å². The van der Waals surface area contributed by atoms with E-state index in [-0.39, 0.29) is 0 Å². The summed E-state index contributed by atoms with van der Waals surface area (Å²) in [4.78, 5) is 4.62. The van der Waals surface area contributed by atoms with Gasteiger partial charge in [0.2, 0.25) is 0 Å². The molecule has 72 valence electrons. The molecular weight excluding hydrogens is 182 g/mol. The summed E-state index contributed by atoms with van der Waals surface area (Å²) in [6, 6.07) is 0. The van der Waals surface area contributed by atoms with Crippen LogP contribution in [0.3, 0.4) is 0 Å². The molecule has 1 aromatic heterocycles. The van der Waals surface area contributed by atoms with Gasteiger partial charge in [0.25, 0.3) is 0 Å². The van der Waals surface area contributed by atoms with E-state index in [0.717, 1.165) is 32.5 Å². The topological polar surface area (TPSA) is 22.1 Å². The van der Waals surface area contributed by atoms with Crippen molar-refractivity contribution in [2.45, 2.75) is 32.1 Å². The summed E-state index contributed by atoms with van der Waals surface area (Å²) in [5, 5.41) is 3.48. The number of aromatic nitrogens is 1. The van der Waals surface area contributed by atoms with Crippen molar-refractivity contribution in [3.05, 3.63) is 16.1 Å². The van der Waals surface area contributed by atoms with Crippen LogP contribution in [0.2, 0.25) is 0 Å². The van der Waals surface area contributed by atoms with Gasteiger partial charge in [-0.2, -0.15) is 0 Å². The number of nitrogens with zero attached hydrogens (tertiary/aromatic N) is 1. The first-order valence-electron chi connectivity index (χ1n) is 4.92. The monoisotopic (exact) mass is 197 g/mol. The van der Waals surface area contributed by atoms with Gasteiger partial charge in [-0.15, -0.1) is 11.3 Å². The van der Waals surface area contributed by atoms with Gasteiger partial charge in [0.05, 0.1) is 10.7 Å². The summed E-state index contributed by atoms with van der Waals surface area (Å²) in [5.41, 5.74) is 1.30. The van der Waals surface area contributed by atoms with Gasteiger partial charge >= 0.3 is 0 Å². The Bertz CT molecular complexity index is 266. The molecule has 13 heavy (non-hydrogen) atoms. The molecular formula is C10H15NOS. The van der Waals surface area contributed by atoms with E-state index in [0.29, 0.717) is 5.92 Å². The molecule has 1 aromatic rings. The van der Waals surface area contributed by atoms with Crippen molar-refractivity contribution >= 4 is 11.3 Å². The van der Waals surface area contributed by atoms with E-state index in [2.05, 4.69) is 17.3 Å². The fourth-order valence-electron chi connectivity index (χ4n) is 1.67. The summed E-state index contributed by atoms with van der Waals surface area (Å²) in [7, 11) is 0. The number of rotatable bonds is 2. The average molecular weight is 197 g/mol. The molecule has 0 unspecified atom stereocenters. The normalized spacial score (nSPS) is 19.2. The van der Waals surface area contributed by atoms with Crippen LogP contribution in [0.15, 0.2) is 5.38 Å². The third-order valence-corrected chi connectivity index (χ3v) is 3.52. The average Bonchev–Trinajstić information content (AvgIpc) is 2.67. The molecule has 1 fully saturated rings. The predicted octanol–water partition coefficient (Wildman–Crippen LogP) is 2.60. The molecule has 0 bridgehead atoms. The zero-order chi connectivity index (χ0) is 9.10. The second-order valence-electron chi connectivity index (χ2n) is 3.41. The van der Waals surface area contributed by atoms with Crippen LogP contribution in [-0.2, 0) is 11.2 Å². The number of thiazole rings is 1. The zero-order valence-electron chi connectivity index (χ0n) is 7.95. The van der Waals surface area contributed by atoms with Crippen LogP contribution in [0.4, 0.5) is 0 Å². The molecule has 1 aliphatic heterocycles. The summed E-state index contributed by atoms with van der Waals surface area (Å²) in [5.74, 6) is 0.658. The SMILES string of the molecule is CCc1nc(C2CCOCC2)cs1. The first-order valence-corrected chi connectivity index (χ1v) is 5.80. The smallest absolute Gasteiger partial charge is 0.0925 e. The van der Waals surface area contributed by atoms with Crippen LogP contribution < -0.4 is 0 Å². The minimum atomic E-state index is 0.658. The highest BCUT2D eigenvalue weighted by atomic mass is 32.1. The van der Waals surface area contributed by atoms with Gasteiger partial charge in [0.15, 0.2) is 0 Å². The van der Waals surface area contributed by atoms with E-state index in [4.69, 9.17) is 4.74 Å². The fourth-order valence-corrected chi connectivity index (χ4v) is 2.50. The summed E-state index contributed by atoms with van der Waals surface area (Å²) < 4.78 is 5.33. The largest absolute Gasteiger partial charge is 0.381 e. The van der Waals surface area contributed by atoms with Gasteiger partial charge in [0, 0.05) is 24.5 Å². The summed E-state index contributed by atoms with van der Waals surface area (Å²) >= 11 is 1.79. The highest BCUT2D eigenvalue weighted by Gasteiger charge is 2.17. The minimum absolute atomic E-state index is 0.658. The van der Waals surface area contributed by atoms with E-state index in [9.17, 15) is 0 Å². The second-order valence-corrected chi connectivity index (χ2v) is 4.35. The van der Waals surface area contributed by atoms with E-state index >= 15 is 0 Å². The maximum atomic E-state index is 5.33. The zero-order valence-corrected chi connectivity index (χ0v) is 8.77. The molecule has 2 nitrogen and oxygen atoms in total. The molecule has 0 N–H and O–H groups in total. The lowest BCUT2D eigenvalue weighted by Crippen LogP contribution is -2.14. The van der Waals surface area contributed by atoms with Crippen LogP contribution in [0.1, 0.15) is 36.4 Å². The third kappa shape index (κ3) is 2.09. The third-order valence-electron chi connectivity index (χ3n) is 2.51. The molecule has 0 atom stereocenters. The molecule has 0 aromatic carbocycles. The van der Waals surface area contributed by atoms with Gasteiger partial charge in [-0.3, -0.25) is 0 Å². The molecule has 1 aliphatic rings. The van der Waals surface area contributed by atoms with Crippen LogP contribution in [0, 0.1) is 0 Å². The van der Waals surface area contributed by atoms with Crippen molar-refractivity contribution in [1.82, 2.24) is 4.98 Å². The number of hydrogen-bond acceptors (Lipinski definition) is 3. The lowest BCUT2D eigenvalue weighted by molar-refractivity contribution is 0.0846. The lowest BCUT2D eigenvalue weighted by Gasteiger charge is -2.19. The molecule has 1 saturated heterocycles. The van der Waals surface area contributed by atoms with Crippen LogP contribution in [0.25, 0.3) is 0 Å². The van der Waals surface area contributed by atoms with Crippen molar-refractivity contribution in [3.63, 3.8) is 0 Å². The van der Waals surface area contributed by atoms with Crippen molar-refractivity contribution in [1.29, 1.82) is 0 Å². The Morgan fingerprint density at radius 3 is 2.92 bits per heavy atom. The van der Waals surface area contributed by atoms with Crippen molar-refractivity contribution in [2.24, 2.45) is 0 Å². The molecule has 0 amide bonds. The first-order chi connectivity index (χ1) is 6.40. The highest BCUT2D eigenvalue weighted by molar-refractivity contribution is 7.09. The quantitative estimate of drug-likeness (QED) is 0.727. The molecule has 2 heterocycles. The number of ether oxygens (including phenoxy) is 1. The van der Waals surface area contributed by atoms with Crippen LogP contribution >= 0.6 is 11.3 Å². The molecule has 0 spiro atoms. The van der Waals surface area contributed by atoms with Gasteiger partial charge in [-0.05, 0) is 19.3 Å². The fraction of sp³-hybridized carbons (Fsp3) is 0.700. The van der Waals surface area contributed by atoms with E-state index in [1.54, 1.807) is 11.3 Å². The maximum Gasteiger partial charge on any atom is 0.0925 e. The van der Waals surface area contributed by atoms with Crippen molar-refractivity contribution in [2.75, 3.05) is 13.2 Å². The van der Waals surface area contributed by atoms with Crippen molar-refractivity contribution < 1.29 is 4.74 Å². The molecule has 3 heteroatoms. The predicted molar refractivity (Wildman–Crippen MR) is 54.3 cm³/mol. The second kappa shape index (κ2) is 4.20. The maximum absolute atomic E-state index is 5.33. The molecule has 2 rings (SSSR count). The van der Waals surface area contributed by atoms with Gasteiger partial charge in [0.1, 0.15) is 0 Å². The molecule has 0 saturated carbocycles.